The highest BCUT2D eigenvalue weighted by atomic mass is 19.1. The Hall–Kier alpha value is -2.95. The van der Waals surface area contributed by atoms with Gasteiger partial charge in [-0.2, -0.15) is 0 Å². The lowest BCUT2D eigenvalue weighted by molar-refractivity contribution is -0.129. The van der Waals surface area contributed by atoms with Crippen LogP contribution in [0.1, 0.15) is 30.9 Å². The molecule has 0 spiro atoms. The van der Waals surface area contributed by atoms with Gasteiger partial charge in [-0.1, -0.05) is 25.5 Å². The highest BCUT2D eigenvalue weighted by Crippen LogP contribution is 2.21. The van der Waals surface area contributed by atoms with Gasteiger partial charge >= 0.3 is 5.97 Å². The van der Waals surface area contributed by atoms with E-state index in [4.69, 9.17) is 9.47 Å². The van der Waals surface area contributed by atoms with E-state index in [1.165, 1.54) is 18.2 Å². The van der Waals surface area contributed by atoms with E-state index in [9.17, 15) is 9.18 Å². The number of carbonyl (C=O) groups is 1. The van der Waals surface area contributed by atoms with E-state index in [2.05, 4.69) is 11.9 Å². The molecule has 0 saturated carbocycles. The summed E-state index contributed by atoms with van der Waals surface area (Å²) in [5, 5.41) is 0. The lowest BCUT2D eigenvalue weighted by Crippen LogP contribution is -2.05. The molecule has 0 aromatic heterocycles. The second-order valence-corrected chi connectivity index (χ2v) is 5.62. The molecule has 2 aromatic rings. The van der Waals surface area contributed by atoms with Gasteiger partial charge in [-0.05, 0) is 54.5 Å². The number of hydrogen-bond acceptors (Lipinski definition) is 4. The SMILES string of the molecule is CCCCOc1ccc(C2=N/C(=C\c3cccc(F)c3)C(=O)O2)cc1. The van der Waals surface area contributed by atoms with Crippen LogP contribution in [0.25, 0.3) is 6.08 Å². The van der Waals surface area contributed by atoms with Gasteiger partial charge in [0.25, 0.3) is 0 Å². The lowest BCUT2D eigenvalue weighted by Gasteiger charge is -2.05. The van der Waals surface area contributed by atoms with E-state index in [1.807, 2.05) is 12.1 Å². The Morgan fingerprint density at radius 1 is 1.20 bits per heavy atom. The Kier molecular flexibility index (Phi) is 5.23. The summed E-state index contributed by atoms with van der Waals surface area (Å²) in [6.45, 7) is 2.78. The molecular weight excluding hydrogens is 321 g/mol. The van der Waals surface area contributed by atoms with Crippen LogP contribution < -0.4 is 4.74 Å². The first-order valence-corrected chi connectivity index (χ1v) is 8.17. The number of halogens is 1. The Bertz CT molecular complexity index is 825. The number of benzene rings is 2. The third kappa shape index (κ3) is 4.32. The summed E-state index contributed by atoms with van der Waals surface area (Å²) in [7, 11) is 0. The second-order valence-electron chi connectivity index (χ2n) is 5.62. The number of aliphatic imine (C=N–C) groups is 1. The van der Waals surface area contributed by atoms with Gasteiger partial charge in [-0.15, -0.1) is 0 Å². The zero-order chi connectivity index (χ0) is 17.6. The number of hydrogen-bond donors (Lipinski definition) is 0. The molecule has 0 saturated heterocycles. The van der Waals surface area contributed by atoms with E-state index < -0.39 is 5.97 Å². The van der Waals surface area contributed by atoms with Crippen LogP contribution >= 0.6 is 0 Å². The van der Waals surface area contributed by atoms with Crippen molar-refractivity contribution < 1.29 is 18.7 Å². The first-order valence-electron chi connectivity index (χ1n) is 8.17. The fourth-order valence-electron chi connectivity index (χ4n) is 2.31. The van der Waals surface area contributed by atoms with Crippen LogP contribution in [0.5, 0.6) is 5.75 Å². The number of rotatable bonds is 6. The van der Waals surface area contributed by atoms with Gasteiger partial charge in [0.15, 0.2) is 5.70 Å². The normalized spacial score (nSPS) is 15.2. The molecule has 0 amide bonds. The van der Waals surface area contributed by atoms with Crippen LogP contribution in [0.2, 0.25) is 0 Å². The second kappa shape index (κ2) is 7.75. The monoisotopic (exact) mass is 339 g/mol. The molecule has 2 aromatic carbocycles. The molecule has 0 unspecified atom stereocenters. The summed E-state index contributed by atoms with van der Waals surface area (Å²) < 4.78 is 24.0. The van der Waals surface area contributed by atoms with E-state index in [0.717, 1.165) is 18.6 Å². The Labute approximate surface area is 145 Å². The number of esters is 1. The van der Waals surface area contributed by atoms with Crippen molar-refractivity contribution in [1.82, 2.24) is 0 Å². The third-order valence-corrected chi connectivity index (χ3v) is 3.64. The molecule has 3 rings (SSSR count). The third-order valence-electron chi connectivity index (χ3n) is 3.64. The minimum absolute atomic E-state index is 0.142. The van der Waals surface area contributed by atoms with Crippen LogP contribution in [0.3, 0.4) is 0 Å². The molecule has 25 heavy (non-hydrogen) atoms. The Balaban J connectivity index is 1.76. The molecule has 1 aliphatic rings. The van der Waals surface area contributed by atoms with E-state index in [-0.39, 0.29) is 17.4 Å². The van der Waals surface area contributed by atoms with Crippen LogP contribution in [0, 0.1) is 5.82 Å². The number of nitrogens with zero attached hydrogens (tertiary/aromatic N) is 1. The van der Waals surface area contributed by atoms with Gasteiger partial charge in [0.2, 0.25) is 5.90 Å². The van der Waals surface area contributed by atoms with Crippen molar-refractivity contribution in [3.05, 3.63) is 71.2 Å². The Morgan fingerprint density at radius 3 is 2.72 bits per heavy atom. The van der Waals surface area contributed by atoms with Crippen LogP contribution in [0.15, 0.2) is 59.2 Å². The number of unbranched alkanes of at least 4 members (excludes halogenated alkanes) is 1. The first kappa shape index (κ1) is 16.9. The summed E-state index contributed by atoms with van der Waals surface area (Å²) in [4.78, 5) is 16.2. The van der Waals surface area contributed by atoms with Gasteiger partial charge in [0.05, 0.1) is 6.61 Å². The minimum atomic E-state index is -0.553. The molecule has 4 nitrogen and oxygen atoms in total. The zero-order valence-electron chi connectivity index (χ0n) is 13.9. The number of cyclic esters (lactones) is 1. The molecule has 0 fully saturated rings. The van der Waals surface area contributed by atoms with Crippen LogP contribution in [-0.4, -0.2) is 18.5 Å². The molecule has 128 valence electrons. The number of carbonyl (C=O) groups excluding carboxylic acids is 1. The molecule has 5 heteroatoms. The van der Waals surface area contributed by atoms with Crippen molar-refractivity contribution in [3.8, 4) is 5.75 Å². The molecule has 0 N–H and O–H groups in total. The topological polar surface area (TPSA) is 47.9 Å². The average Bonchev–Trinajstić information content (AvgIpc) is 2.96. The molecule has 0 bridgehead atoms. The van der Waals surface area contributed by atoms with Gasteiger partial charge in [-0.25, -0.2) is 14.2 Å². The summed E-state index contributed by atoms with van der Waals surface area (Å²) >= 11 is 0. The summed E-state index contributed by atoms with van der Waals surface area (Å²) in [5.74, 6) is 0.0662. The van der Waals surface area contributed by atoms with Crippen molar-refractivity contribution in [1.29, 1.82) is 0 Å². The molecule has 0 aliphatic carbocycles. The van der Waals surface area contributed by atoms with Gasteiger partial charge < -0.3 is 9.47 Å². The summed E-state index contributed by atoms with van der Waals surface area (Å²) in [6, 6.07) is 13.1. The lowest BCUT2D eigenvalue weighted by atomic mass is 10.2. The number of ether oxygens (including phenoxy) is 2. The fraction of sp³-hybridized carbons (Fsp3) is 0.200. The molecular formula is C20H18FNO3. The van der Waals surface area contributed by atoms with Crippen molar-refractivity contribution in [3.63, 3.8) is 0 Å². The highest BCUT2D eigenvalue weighted by Gasteiger charge is 2.24. The Morgan fingerprint density at radius 2 is 2.00 bits per heavy atom. The maximum absolute atomic E-state index is 13.2. The smallest absolute Gasteiger partial charge is 0.363 e. The van der Waals surface area contributed by atoms with Gasteiger partial charge in [0.1, 0.15) is 11.6 Å². The molecule has 0 atom stereocenters. The maximum atomic E-state index is 13.2. The van der Waals surface area contributed by atoms with Crippen molar-refractivity contribution in [2.75, 3.05) is 6.61 Å². The van der Waals surface area contributed by atoms with Crippen molar-refractivity contribution >= 4 is 17.9 Å². The van der Waals surface area contributed by atoms with Crippen LogP contribution in [0.4, 0.5) is 4.39 Å². The maximum Gasteiger partial charge on any atom is 0.363 e. The van der Waals surface area contributed by atoms with Crippen molar-refractivity contribution in [2.45, 2.75) is 19.8 Å². The minimum Gasteiger partial charge on any atom is -0.494 e. The molecule has 1 aliphatic heterocycles. The average molecular weight is 339 g/mol. The van der Waals surface area contributed by atoms with Gasteiger partial charge in [-0.3, -0.25) is 0 Å². The van der Waals surface area contributed by atoms with E-state index >= 15 is 0 Å². The van der Waals surface area contributed by atoms with Crippen molar-refractivity contribution in [2.24, 2.45) is 4.99 Å². The fourth-order valence-corrected chi connectivity index (χ4v) is 2.31. The standard InChI is InChI=1S/C20H18FNO3/c1-2-3-11-24-17-9-7-15(8-10-17)19-22-18(20(23)25-19)13-14-5-4-6-16(21)12-14/h4-10,12-13H,2-3,11H2,1H3/b18-13-. The van der Waals surface area contributed by atoms with E-state index in [1.54, 1.807) is 24.3 Å². The van der Waals surface area contributed by atoms with Crippen LogP contribution in [-0.2, 0) is 9.53 Å². The largest absolute Gasteiger partial charge is 0.494 e. The summed E-state index contributed by atoms with van der Waals surface area (Å²) in [5.41, 5.74) is 1.37. The zero-order valence-corrected chi connectivity index (χ0v) is 13.9. The van der Waals surface area contributed by atoms with Gasteiger partial charge in [0, 0.05) is 5.56 Å². The molecule has 0 radical (unpaired) electrons. The summed E-state index contributed by atoms with van der Waals surface area (Å²) in [6.07, 6.45) is 3.58. The first-order chi connectivity index (χ1) is 12.2. The predicted octanol–water partition coefficient (Wildman–Crippen LogP) is 4.35. The highest BCUT2D eigenvalue weighted by molar-refractivity contribution is 6.12. The van der Waals surface area contributed by atoms with E-state index in [0.29, 0.717) is 17.7 Å². The quantitative estimate of drug-likeness (QED) is 0.447. The predicted molar refractivity (Wildman–Crippen MR) is 93.9 cm³/mol. The molecule has 1 heterocycles.